The fraction of sp³-hybridized carbons (Fsp3) is 0.226. The molecule has 1 atom stereocenters. The van der Waals surface area contributed by atoms with Gasteiger partial charge in [-0.25, -0.2) is 0 Å². The van der Waals surface area contributed by atoms with Gasteiger partial charge in [-0.1, -0.05) is 42.5 Å². The summed E-state index contributed by atoms with van der Waals surface area (Å²) in [7, 11) is 0. The van der Waals surface area contributed by atoms with Crippen molar-refractivity contribution in [3.8, 4) is 5.75 Å². The molecule has 2 amide bonds. The van der Waals surface area contributed by atoms with Crippen LogP contribution in [0.2, 0.25) is 0 Å². The van der Waals surface area contributed by atoms with Crippen LogP contribution in [0.25, 0.3) is 5.57 Å². The summed E-state index contributed by atoms with van der Waals surface area (Å²) in [5.41, 5.74) is 2.72. The fourth-order valence-corrected chi connectivity index (χ4v) is 4.57. The molecule has 1 fully saturated rings. The highest BCUT2D eigenvalue weighted by atomic mass is 19.4. The van der Waals surface area contributed by atoms with Crippen LogP contribution in [-0.4, -0.2) is 29.1 Å². The van der Waals surface area contributed by atoms with Crippen molar-refractivity contribution in [3.63, 3.8) is 0 Å². The molecule has 0 radical (unpaired) electrons. The molecule has 0 spiro atoms. The first kappa shape index (κ1) is 27.2. The second-order valence-electron chi connectivity index (χ2n) is 9.74. The van der Waals surface area contributed by atoms with E-state index in [1.807, 2.05) is 24.3 Å². The van der Waals surface area contributed by atoms with Gasteiger partial charge < -0.3 is 20.5 Å². The Kier molecular flexibility index (Phi) is 7.75. The molecule has 0 aromatic heterocycles. The molecule has 2 aliphatic rings. The lowest BCUT2D eigenvalue weighted by Crippen LogP contribution is -2.34. The Morgan fingerprint density at radius 1 is 1.02 bits per heavy atom. The zero-order chi connectivity index (χ0) is 28.3. The number of fused-ring (bicyclic) bond motifs is 1. The fourth-order valence-electron chi connectivity index (χ4n) is 4.57. The Morgan fingerprint density at radius 2 is 1.77 bits per heavy atom. The zero-order valence-electron chi connectivity index (χ0n) is 21.4. The van der Waals surface area contributed by atoms with Gasteiger partial charge in [0.1, 0.15) is 11.9 Å². The SMILES string of the molecule is O=C(/C=C/C=C(/c1ccc(C(F)(F)F)cc1)c1cccc(OC2CCC2)c1)Nc1cccc2c1CC(O)C(=O)N2. The van der Waals surface area contributed by atoms with Crippen molar-refractivity contribution in [1.29, 1.82) is 0 Å². The number of alkyl halides is 3. The molecule has 1 aliphatic carbocycles. The standard InChI is InChI=1S/C31H27F3N2O4/c32-31(33,34)21-15-13-19(14-16-21)24(20-5-1-8-23(17-20)40-22-6-2-7-22)9-3-12-29(38)35-26-10-4-11-27-25(26)18-28(37)30(39)36-27/h1,3-5,8-17,22,28,37H,2,6-7,18H2,(H,35,38)(H,36,39)/b12-3+,24-9-. The van der Waals surface area contributed by atoms with Gasteiger partial charge >= 0.3 is 6.18 Å². The maximum Gasteiger partial charge on any atom is 0.416 e. The van der Waals surface area contributed by atoms with Crippen LogP contribution >= 0.6 is 0 Å². The number of carbonyl (C=O) groups excluding carboxylic acids is 2. The molecule has 3 aromatic rings. The number of amides is 2. The third kappa shape index (κ3) is 6.26. The molecule has 6 nitrogen and oxygen atoms in total. The number of benzene rings is 3. The van der Waals surface area contributed by atoms with Gasteiger partial charge in [0.25, 0.3) is 5.91 Å². The van der Waals surface area contributed by atoms with Gasteiger partial charge in [-0.05, 0) is 72.4 Å². The second kappa shape index (κ2) is 11.4. The number of ether oxygens (including phenoxy) is 1. The Morgan fingerprint density at radius 3 is 2.48 bits per heavy atom. The van der Waals surface area contributed by atoms with Crippen LogP contribution in [-0.2, 0) is 22.2 Å². The summed E-state index contributed by atoms with van der Waals surface area (Å²) in [5, 5.41) is 15.3. The molecule has 40 heavy (non-hydrogen) atoms. The van der Waals surface area contributed by atoms with Crippen LogP contribution in [0.4, 0.5) is 24.5 Å². The van der Waals surface area contributed by atoms with Crippen LogP contribution in [0.5, 0.6) is 5.75 Å². The van der Waals surface area contributed by atoms with E-state index in [2.05, 4.69) is 10.6 Å². The van der Waals surface area contributed by atoms with E-state index in [1.165, 1.54) is 24.3 Å². The number of aliphatic hydroxyl groups excluding tert-OH is 1. The molecule has 0 saturated heterocycles. The highest BCUT2D eigenvalue weighted by molar-refractivity contribution is 6.03. The number of carbonyl (C=O) groups is 2. The van der Waals surface area contributed by atoms with Crippen molar-refractivity contribution in [3.05, 3.63) is 107 Å². The molecule has 1 saturated carbocycles. The lowest BCUT2D eigenvalue weighted by molar-refractivity contribution is -0.137. The number of hydrogen-bond acceptors (Lipinski definition) is 4. The Balaban J connectivity index is 1.40. The quantitative estimate of drug-likeness (QED) is 0.245. The first-order chi connectivity index (χ1) is 19.2. The Labute approximate surface area is 229 Å². The van der Waals surface area contributed by atoms with Gasteiger partial charge in [-0.2, -0.15) is 13.2 Å². The number of halogens is 3. The van der Waals surface area contributed by atoms with Crippen molar-refractivity contribution < 1.29 is 32.6 Å². The highest BCUT2D eigenvalue weighted by Gasteiger charge is 2.30. The van der Waals surface area contributed by atoms with Crippen LogP contribution in [0.1, 0.15) is 41.5 Å². The van der Waals surface area contributed by atoms with Crippen molar-refractivity contribution in [2.45, 2.75) is 44.1 Å². The molecule has 1 aliphatic heterocycles. The summed E-state index contributed by atoms with van der Waals surface area (Å²) < 4.78 is 45.5. The number of allylic oxidation sites excluding steroid dienone is 2. The number of anilines is 2. The maximum absolute atomic E-state index is 13.2. The van der Waals surface area contributed by atoms with Crippen LogP contribution in [0.3, 0.4) is 0 Å². The Bertz CT molecular complexity index is 1470. The largest absolute Gasteiger partial charge is 0.490 e. The van der Waals surface area contributed by atoms with Gasteiger partial charge in [0, 0.05) is 29.4 Å². The zero-order valence-corrected chi connectivity index (χ0v) is 21.4. The first-order valence-electron chi connectivity index (χ1n) is 12.9. The number of nitrogens with one attached hydrogen (secondary N) is 2. The average molecular weight is 549 g/mol. The van der Waals surface area contributed by atoms with Crippen molar-refractivity contribution in [1.82, 2.24) is 0 Å². The van der Waals surface area contributed by atoms with Gasteiger partial charge in [0.15, 0.2) is 0 Å². The average Bonchev–Trinajstić information content (AvgIpc) is 2.90. The lowest BCUT2D eigenvalue weighted by atomic mass is 9.95. The van der Waals surface area contributed by atoms with Crippen molar-refractivity contribution >= 4 is 28.8 Å². The van der Waals surface area contributed by atoms with Crippen LogP contribution in [0, 0.1) is 0 Å². The smallest absolute Gasteiger partial charge is 0.416 e. The molecular weight excluding hydrogens is 521 g/mol. The summed E-state index contributed by atoms with van der Waals surface area (Å²) in [6.45, 7) is 0. The van der Waals surface area contributed by atoms with E-state index in [-0.39, 0.29) is 12.5 Å². The Hall–Kier alpha value is -4.37. The third-order valence-corrected chi connectivity index (χ3v) is 6.93. The summed E-state index contributed by atoms with van der Waals surface area (Å²) in [6.07, 6.45) is 2.15. The van der Waals surface area contributed by atoms with E-state index in [9.17, 15) is 27.9 Å². The van der Waals surface area contributed by atoms with Gasteiger partial charge in [0.05, 0.1) is 11.7 Å². The minimum absolute atomic E-state index is 0.0680. The second-order valence-corrected chi connectivity index (χ2v) is 9.74. The monoisotopic (exact) mass is 548 g/mol. The highest BCUT2D eigenvalue weighted by Crippen LogP contribution is 2.33. The molecule has 3 aromatic carbocycles. The summed E-state index contributed by atoms with van der Waals surface area (Å²) in [4.78, 5) is 24.5. The van der Waals surface area contributed by atoms with E-state index in [0.717, 1.165) is 37.0 Å². The predicted octanol–water partition coefficient (Wildman–Crippen LogP) is 6.12. The minimum atomic E-state index is -4.45. The maximum atomic E-state index is 13.2. The van der Waals surface area contributed by atoms with E-state index >= 15 is 0 Å². The number of aliphatic hydroxyl groups is 1. The van der Waals surface area contributed by atoms with E-state index in [1.54, 1.807) is 24.3 Å². The minimum Gasteiger partial charge on any atom is -0.490 e. The third-order valence-electron chi connectivity index (χ3n) is 6.93. The summed E-state index contributed by atoms with van der Waals surface area (Å²) in [5.74, 6) is -0.284. The van der Waals surface area contributed by atoms with Crippen LogP contribution < -0.4 is 15.4 Å². The predicted molar refractivity (Wildman–Crippen MR) is 146 cm³/mol. The normalized spacial score (nSPS) is 17.6. The summed E-state index contributed by atoms with van der Waals surface area (Å²) >= 11 is 0. The molecular formula is C31H27F3N2O4. The molecule has 206 valence electrons. The van der Waals surface area contributed by atoms with Gasteiger partial charge in [-0.3, -0.25) is 9.59 Å². The first-order valence-corrected chi connectivity index (χ1v) is 12.9. The van der Waals surface area contributed by atoms with E-state index in [0.29, 0.717) is 33.8 Å². The van der Waals surface area contributed by atoms with E-state index in [4.69, 9.17) is 4.74 Å². The molecule has 5 rings (SSSR count). The molecule has 1 heterocycles. The van der Waals surface area contributed by atoms with Gasteiger partial charge in [-0.15, -0.1) is 0 Å². The number of hydrogen-bond donors (Lipinski definition) is 3. The van der Waals surface area contributed by atoms with Crippen molar-refractivity contribution in [2.24, 2.45) is 0 Å². The summed E-state index contributed by atoms with van der Waals surface area (Å²) in [6, 6.07) is 17.2. The van der Waals surface area contributed by atoms with Crippen LogP contribution in [0.15, 0.2) is 85.0 Å². The number of rotatable bonds is 7. The van der Waals surface area contributed by atoms with Gasteiger partial charge in [0.2, 0.25) is 5.91 Å². The molecule has 0 bridgehead atoms. The van der Waals surface area contributed by atoms with E-state index < -0.39 is 29.7 Å². The van der Waals surface area contributed by atoms with Crippen molar-refractivity contribution in [2.75, 3.05) is 10.6 Å². The molecule has 3 N–H and O–H groups in total. The topological polar surface area (TPSA) is 87.7 Å². The lowest BCUT2D eigenvalue weighted by Gasteiger charge is -2.26. The molecule has 1 unspecified atom stereocenters. The molecule has 9 heteroatoms.